The number of hydrogen-bond donors (Lipinski definition) is 1. The largest absolute Gasteiger partial charge is 0.340 e. The second kappa shape index (κ2) is 10.0. The Hall–Kier alpha value is -2.78. The van der Waals surface area contributed by atoms with Gasteiger partial charge in [-0.1, -0.05) is 6.07 Å². The van der Waals surface area contributed by atoms with Crippen LogP contribution in [0, 0.1) is 25.2 Å². The van der Waals surface area contributed by atoms with Crippen LogP contribution in [0.2, 0.25) is 0 Å². The van der Waals surface area contributed by atoms with Crippen LogP contribution in [0.1, 0.15) is 23.1 Å². The van der Waals surface area contributed by atoms with Crippen LogP contribution < -0.4 is 4.72 Å². The highest BCUT2D eigenvalue weighted by atomic mass is 32.2. The first-order valence-electron chi connectivity index (χ1n) is 10.4. The van der Waals surface area contributed by atoms with Crippen LogP contribution >= 0.6 is 0 Å². The monoisotopic (exact) mass is 490 g/mol. The molecule has 2 aromatic rings. The molecule has 0 spiro atoms. The number of nitrogens with zero attached hydrogens (tertiary/aromatic N) is 3. The van der Waals surface area contributed by atoms with Gasteiger partial charge in [0.05, 0.1) is 21.4 Å². The average Bonchev–Trinajstić information content (AvgIpc) is 2.80. The van der Waals surface area contributed by atoms with Crippen molar-refractivity contribution in [1.82, 2.24) is 13.9 Å². The van der Waals surface area contributed by atoms with E-state index in [0.29, 0.717) is 5.56 Å². The minimum Gasteiger partial charge on any atom is -0.340 e. The van der Waals surface area contributed by atoms with Crippen LogP contribution in [0.3, 0.4) is 0 Å². The van der Waals surface area contributed by atoms with Crippen molar-refractivity contribution >= 4 is 26.0 Å². The molecule has 0 bridgehead atoms. The smallest absolute Gasteiger partial charge is 0.243 e. The molecule has 1 aliphatic rings. The van der Waals surface area contributed by atoms with Gasteiger partial charge in [-0.3, -0.25) is 4.79 Å². The molecule has 2 aromatic carbocycles. The number of carbonyl (C=O) groups is 1. The molecular formula is C22H26N4O5S2. The molecule has 1 fully saturated rings. The molecule has 1 aliphatic heterocycles. The summed E-state index contributed by atoms with van der Waals surface area (Å²) in [4.78, 5) is 14.3. The van der Waals surface area contributed by atoms with Crippen LogP contribution in [-0.4, -0.2) is 64.7 Å². The Morgan fingerprint density at radius 1 is 0.939 bits per heavy atom. The quantitative estimate of drug-likeness (QED) is 0.625. The molecule has 3 rings (SSSR count). The first-order chi connectivity index (χ1) is 15.5. The number of amides is 1. The van der Waals surface area contributed by atoms with Gasteiger partial charge in [0.25, 0.3) is 0 Å². The van der Waals surface area contributed by atoms with E-state index in [0.717, 1.165) is 11.1 Å². The third kappa shape index (κ3) is 5.78. The highest BCUT2D eigenvalue weighted by molar-refractivity contribution is 7.89. The van der Waals surface area contributed by atoms with Gasteiger partial charge in [0.2, 0.25) is 26.0 Å². The van der Waals surface area contributed by atoms with Crippen molar-refractivity contribution in [2.45, 2.75) is 30.1 Å². The molecule has 11 heteroatoms. The lowest BCUT2D eigenvalue weighted by Gasteiger charge is -2.34. The average molecular weight is 491 g/mol. The number of hydrogen-bond acceptors (Lipinski definition) is 6. The summed E-state index contributed by atoms with van der Waals surface area (Å²) < 4.78 is 54.2. The molecule has 1 N–H and O–H groups in total. The molecule has 1 heterocycles. The van der Waals surface area contributed by atoms with Crippen LogP contribution in [0.15, 0.2) is 52.3 Å². The van der Waals surface area contributed by atoms with E-state index in [1.54, 1.807) is 12.1 Å². The molecule has 176 valence electrons. The van der Waals surface area contributed by atoms with Crippen molar-refractivity contribution in [1.29, 1.82) is 5.26 Å². The zero-order valence-corrected chi connectivity index (χ0v) is 20.1. The topological polar surface area (TPSA) is 128 Å². The molecule has 0 aromatic heterocycles. The molecular weight excluding hydrogens is 464 g/mol. The van der Waals surface area contributed by atoms with Crippen molar-refractivity contribution in [3.05, 3.63) is 59.2 Å². The first kappa shape index (κ1) is 24.9. The molecule has 0 saturated carbocycles. The van der Waals surface area contributed by atoms with Gasteiger partial charge >= 0.3 is 0 Å². The predicted octanol–water partition coefficient (Wildman–Crippen LogP) is 1.38. The first-order valence-corrected chi connectivity index (χ1v) is 13.3. The van der Waals surface area contributed by atoms with Crippen molar-refractivity contribution in [2.75, 3.05) is 32.7 Å². The summed E-state index contributed by atoms with van der Waals surface area (Å²) in [5.41, 5.74) is 2.23. The lowest BCUT2D eigenvalue weighted by Crippen LogP contribution is -2.50. The van der Waals surface area contributed by atoms with Crippen LogP contribution in [-0.2, 0) is 24.8 Å². The van der Waals surface area contributed by atoms with E-state index in [1.807, 2.05) is 19.9 Å². The number of nitriles is 1. The van der Waals surface area contributed by atoms with E-state index in [1.165, 1.54) is 39.5 Å². The highest BCUT2D eigenvalue weighted by Gasteiger charge is 2.30. The molecule has 0 atom stereocenters. The van der Waals surface area contributed by atoms with Gasteiger partial charge < -0.3 is 4.90 Å². The van der Waals surface area contributed by atoms with Crippen molar-refractivity contribution in [3.8, 4) is 6.07 Å². The Balaban J connectivity index is 1.52. The van der Waals surface area contributed by atoms with E-state index < -0.39 is 20.0 Å². The molecule has 1 amide bonds. The van der Waals surface area contributed by atoms with Crippen molar-refractivity contribution in [2.24, 2.45) is 0 Å². The molecule has 33 heavy (non-hydrogen) atoms. The summed E-state index contributed by atoms with van der Waals surface area (Å²) in [6.45, 7) is 4.41. The number of carbonyl (C=O) groups excluding carboxylic acids is 1. The molecule has 0 radical (unpaired) electrons. The van der Waals surface area contributed by atoms with Gasteiger partial charge in [0.15, 0.2) is 0 Å². The summed E-state index contributed by atoms with van der Waals surface area (Å²) in [7, 11) is -7.43. The molecule has 1 saturated heterocycles. The lowest BCUT2D eigenvalue weighted by atomic mass is 10.1. The summed E-state index contributed by atoms with van der Waals surface area (Å²) in [6.07, 6.45) is -0.0214. The molecule has 9 nitrogen and oxygen atoms in total. The highest BCUT2D eigenvalue weighted by Crippen LogP contribution is 2.19. The van der Waals surface area contributed by atoms with E-state index in [-0.39, 0.29) is 54.8 Å². The van der Waals surface area contributed by atoms with E-state index in [2.05, 4.69) is 4.72 Å². The van der Waals surface area contributed by atoms with Crippen LogP contribution in [0.5, 0.6) is 0 Å². The zero-order valence-electron chi connectivity index (χ0n) is 18.5. The van der Waals surface area contributed by atoms with E-state index in [9.17, 15) is 21.6 Å². The van der Waals surface area contributed by atoms with Gasteiger partial charge in [-0.05, 0) is 61.4 Å². The second-order valence-electron chi connectivity index (χ2n) is 7.81. The van der Waals surface area contributed by atoms with Crippen molar-refractivity contribution in [3.63, 3.8) is 0 Å². The number of aryl methyl sites for hydroxylation is 2. The molecule has 0 aliphatic carbocycles. The fourth-order valence-electron chi connectivity index (χ4n) is 3.44. The minimum absolute atomic E-state index is 0.0214. The Bertz CT molecular complexity index is 1280. The standard InChI is InChI=1S/C22H26N4O5S2/c1-17-3-6-21(15-18(17)2)32(28,29)24-10-9-22(27)25-11-13-26(14-12-25)33(30,31)20-7-4-19(16-23)5-8-20/h3-8,15,24H,9-14H2,1-2H3. The van der Waals surface area contributed by atoms with Gasteiger partial charge in [0, 0.05) is 39.1 Å². The number of sulfonamides is 2. The van der Waals surface area contributed by atoms with Crippen LogP contribution in [0.4, 0.5) is 0 Å². The maximum Gasteiger partial charge on any atom is 0.243 e. The van der Waals surface area contributed by atoms with Gasteiger partial charge in [0.1, 0.15) is 0 Å². The molecule has 0 unspecified atom stereocenters. The Morgan fingerprint density at radius 2 is 1.55 bits per heavy atom. The van der Waals surface area contributed by atoms with Crippen molar-refractivity contribution < 1.29 is 21.6 Å². The van der Waals surface area contributed by atoms with Gasteiger partial charge in [-0.25, -0.2) is 21.6 Å². The second-order valence-corrected chi connectivity index (χ2v) is 11.5. The van der Waals surface area contributed by atoms with E-state index >= 15 is 0 Å². The maximum absolute atomic E-state index is 12.8. The van der Waals surface area contributed by atoms with Gasteiger partial charge in [-0.15, -0.1) is 0 Å². The number of rotatable bonds is 7. The zero-order chi connectivity index (χ0) is 24.2. The minimum atomic E-state index is -3.72. The Labute approximate surface area is 194 Å². The summed E-state index contributed by atoms with van der Waals surface area (Å²) >= 11 is 0. The summed E-state index contributed by atoms with van der Waals surface area (Å²) in [5.74, 6) is -0.242. The third-order valence-electron chi connectivity index (χ3n) is 5.63. The predicted molar refractivity (Wildman–Crippen MR) is 122 cm³/mol. The number of benzene rings is 2. The van der Waals surface area contributed by atoms with Crippen LogP contribution in [0.25, 0.3) is 0 Å². The summed E-state index contributed by atoms with van der Waals surface area (Å²) in [5, 5.41) is 8.86. The normalized spacial score (nSPS) is 15.2. The Kier molecular flexibility index (Phi) is 7.54. The maximum atomic E-state index is 12.8. The van der Waals surface area contributed by atoms with Gasteiger partial charge in [-0.2, -0.15) is 9.57 Å². The van der Waals surface area contributed by atoms with E-state index in [4.69, 9.17) is 5.26 Å². The summed E-state index contributed by atoms with van der Waals surface area (Å²) in [6, 6.07) is 12.5. The SMILES string of the molecule is Cc1ccc(S(=O)(=O)NCCC(=O)N2CCN(S(=O)(=O)c3ccc(C#N)cc3)CC2)cc1C. The number of piperazine rings is 1. The Morgan fingerprint density at radius 3 is 2.12 bits per heavy atom. The lowest BCUT2D eigenvalue weighted by molar-refractivity contribution is -0.132. The fraction of sp³-hybridized carbons (Fsp3) is 0.364. The number of nitrogens with one attached hydrogen (secondary N) is 1. The third-order valence-corrected chi connectivity index (χ3v) is 9.00. The fourth-order valence-corrected chi connectivity index (χ4v) is 5.98.